The molecule has 1 atom stereocenters. The Kier molecular flexibility index (Phi) is 3.03. The van der Waals surface area contributed by atoms with Crippen molar-refractivity contribution in [1.82, 2.24) is 0 Å². The van der Waals surface area contributed by atoms with Gasteiger partial charge in [-0.1, -0.05) is 39.0 Å². The molecule has 0 spiro atoms. The number of carbonyl (C=O) groups excluding carboxylic acids is 1. The summed E-state index contributed by atoms with van der Waals surface area (Å²) in [5.74, 6) is -0.765. The van der Waals surface area contributed by atoms with Crippen molar-refractivity contribution in [3.05, 3.63) is 29.8 Å². The van der Waals surface area contributed by atoms with Gasteiger partial charge in [0.2, 0.25) is 5.91 Å². The Balaban J connectivity index is 3.23. The molecule has 0 aliphatic heterocycles. The van der Waals surface area contributed by atoms with E-state index in [-0.39, 0.29) is 11.2 Å². The predicted molar refractivity (Wildman–Crippen MR) is 59.5 cm³/mol. The molecule has 0 heterocycles. The van der Waals surface area contributed by atoms with Gasteiger partial charge in [0.1, 0.15) is 5.75 Å². The SMILES string of the molecule is CC(C)(C)C(C(N)=O)c1ccccc1O. The summed E-state index contributed by atoms with van der Waals surface area (Å²) in [5.41, 5.74) is 5.67. The van der Waals surface area contributed by atoms with Gasteiger partial charge in [-0.15, -0.1) is 0 Å². The minimum absolute atomic E-state index is 0.122. The van der Waals surface area contributed by atoms with Gasteiger partial charge in [-0.25, -0.2) is 0 Å². The molecule has 0 fully saturated rings. The van der Waals surface area contributed by atoms with Crippen molar-refractivity contribution < 1.29 is 9.90 Å². The molecule has 1 rings (SSSR count). The molecular formula is C12H17NO2. The third-order valence-electron chi connectivity index (χ3n) is 2.40. The highest BCUT2D eigenvalue weighted by Gasteiger charge is 2.32. The van der Waals surface area contributed by atoms with Gasteiger partial charge in [-0.2, -0.15) is 0 Å². The number of amides is 1. The number of primary amides is 1. The molecule has 1 aromatic rings. The van der Waals surface area contributed by atoms with E-state index >= 15 is 0 Å². The van der Waals surface area contributed by atoms with Gasteiger partial charge in [0.25, 0.3) is 0 Å². The number of phenols is 1. The number of phenolic OH excluding ortho intramolecular Hbond substituents is 1. The molecule has 0 aromatic heterocycles. The van der Waals surface area contributed by atoms with E-state index in [4.69, 9.17) is 5.73 Å². The molecule has 1 unspecified atom stereocenters. The minimum atomic E-state index is -0.473. The van der Waals surface area contributed by atoms with Crippen molar-refractivity contribution in [3.63, 3.8) is 0 Å². The van der Waals surface area contributed by atoms with E-state index in [0.717, 1.165) is 0 Å². The van der Waals surface area contributed by atoms with Crippen LogP contribution in [0.5, 0.6) is 5.75 Å². The van der Waals surface area contributed by atoms with E-state index in [1.165, 1.54) is 0 Å². The zero-order chi connectivity index (χ0) is 11.6. The molecule has 3 nitrogen and oxygen atoms in total. The van der Waals surface area contributed by atoms with Crippen LogP contribution in [-0.2, 0) is 4.79 Å². The van der Waals surface area contributed by atoms with Crippen LogP contribution < -0.4 is 5.73 Å². The highest BCUT2D eigenvalue weighted by Crippen LogP contribution is 2.38. The number of hydrogen-bond acceptors (Lipinski definition) is 2. The number of aromatic hydroxyl groups is 1. The van der Waals surface area contributed by atoms with Crippen molar-refractivity contribution in [2.24, 2.45) is 11.1 Å². The van der Waals surface area contributed by atoms with E-state index in [0.29, 0.717) is 5.56 Å². The molecule has 0 radical (unpaired) electrons. The van der Waals surface area contributed by atoms with Crippen LogP contribution in [-0.4, -0.2) is 11.0 Å². The normalized spacial score (nSPS) is 13.5. The maximum Gasteiger partial charge on any atom is 0.225 e. The van der Waals surface area contributed by atoms with E-state index < -0.39 is 11.8 Å². The molecule has 0 aliphatic carbocycles. The largest absolute Gasteiger partial charge is 0.508 e. The van der Waals surface area contributed by atoms with Gasteiger partial charge in [-0.05, 0) is 11.5 Å². The van der Waals surface area contributed by atoms with Crippen molar-refractivity contribution in [2.45, 2.75) is 26.7 Å². The average molecular weight is 207 g/mol. The number of hydrogen-bond donors (Lipinski definition) is 2. The van der Waals surface area contributed by atoms with Crippen LogP contribution >= 0.6 is 0 Å². The fourth-order valence-corrected chi connectivity index (χ4v) is 1.78. The maximum absolute atomic E-state index is 11.4. The number of rotatable bonds is 2. The zero-order valence-electron chi connectivity index (χ0n) is 9.32. The van der Waals surface area contributed by atoms with E-state index in [1.54, 1.807) is 24.3 Å². The minimum Gasteiger partial charge on any atom is -0.508 e. The molecule has 0 saturated carbocycles. The Labute approximate surface area is 89.9 Å². The van der Waals surface area contributed by atoms with Crippen LogP contribution in [0.3, 0.4) is 0 Å². The summed E-state index contributed by atoms with van der Waals surface area (Å²) in [6.45, 7) is 5.78. The summed E-state index contributed by atoms with van der Waals surface area (Å²) in [7, 11) is 0. The number of para-hydroxylation sites is 1. The van der Waals surface area contributed by atoms with Crippen LogP contribution in [0.25, 0.3) is 0 Å². The maximum atomic E-state index is 11.4. The Hall–Kier alpha value is -1.51. The summed E-state index contributed by atoms with van der Waals surface area (Å²) in [5, 5.41) is 9.69. The summed E-state index contributed by atoms with van der Waals surface area (Å²) in [6, 6.07) is 6.81. The molecule has 0 bridgehead atoms. The van der Waals surface area contributed by atoms with Gasteiger partial charge in [0, 0.05) is 5.56 Å². The lowest BCUT2D eigenvalue weighted by molar-refractivity contribution is -0.121. The Morgan fingerprint density at radius 2 is 1.87 bits per heavy atom. The summed E-state index contributed by atoms with van der Waals surface area (Å²) < 4.78 is 0. The van der Waals surface area contributed by atoms with Gasteiger partial charge >= 0.3 is 0 Å². The van der Waals surface area contributed by atoms with Gasteiger partial charge in [-0.3, -0.25) is 4.79 Å². The molecule has 0 saturated heterocycles. The molecular weight excluding hydrogens is 190 g/mol. The van der Waals surface area contributed by atoms with Gasteiger partial charge in [0.05, 0.1) is 5.92 Å². The van der Waals surface area contributed by atoms with E-state index in [9.17, 15) is 9.90 Å². The molecule has 3 N–H and O–H groups in total. The molecule has 1 amide bonds. The van der Waals surface area contributed by atoms with Crippen LogP contribution in [0.4, 0.5) is 0 Å². The third-order valence-corrected chi connectivity index (χ3v) is 2.40. The van der Waals surface area contributed by atoms with Crippen LogP contribution in [0, 0.1) is 5.41 Å². The Morgan fingerprint density at radius 3 is 2.27 bits per heavy atom. The number of carbonyl (C=O) groups is 1. The lowest BCUT2D eigenvalue weighted by Gasteiger charge is -2.28. The molecule has 3 heteroatoms. The van der Waals surface area contributed by atoms with E-state index in [2.05, 4.69) is 0 Å². The van der Waals surface area contributed by atoms with Crippen molar-refractivity contribution in [2.75, 3.05) is 0 Å². The molecule has 15 heavy (non-hydrogen) atoms. The lowest BCUT2D eigenvalue weighted by atomic mass is 9.76. The van der Waals surface area contributed by atoms with Crippen molar-refractivity contribution in [1.29, 1.82) is 0 Å². The third kappa shape index (κ3) is 2.49. The Morgan fingerprint density at radius 1 is 1.33 bits per heavy atom. The van der Waals surface area contributed by atoms with Gasteiger partial charge in [0.15, 0.2) is 0 Å². The molecule has 0 aliphatic rings. The zero-order valence-corrected chi connectivity index (χ0v) is 9.32. The average Bonchev–Trinajstić information content (AvgIpc) is 2.05. The van der Waals surface area contributed by atoms with Crippen molar-refractivity contribution >= 4 is 5.91 Å². The highest BCUT2D eigenvalue weighted by atomic mass is 16.3. The number of nitrogens with two attached hydrogens (primary N) is 1. The highest BCUT2D eigenvalue weighted by molar-refractivity contribution is 5.83. The fourth-order valence-electron chi connectivity index (χ4n) is 1.78. The lowest BCUT2D eigenvalue weighted by Crippen LogP contribution is -2.31. The number of benzene rings is 1. The topological polar surface area (TPSA) is 63.3 Å². The van der Waals surface area contributed by atoms with Crippen LogP contribution in [0.15, 0.2) is 24.3 Å². The van der Waals surface area contributed by atoms with E-state index in [1.807, 2.05) is 20.8 Å². The summed E-state index contributed by atoms with van der Waals surface area (Å²) >= 11 is 0. The first-order valence-electron chi connectivity index (χ1n) is 4.91. The molecule has 1 aromatic carbocycles. The first-order valence-corrected chi connectivity index (χ1v) is 4.91. The first kappa shape index (κ1) is 11.6. The van der Waals surface area contributed by atoms with Crippen LogP contribution in [0.1, 0.15) is 32.3 Å². The van der Waals surface area contributed by atoms with Crippen LogP contribution in [0.2, 0.25) is 0 Å². The second-order valence-corrected chi connectivity index (χ2v) is 4.76. The second-order valence-electron chi connectivity index (χ2n) is 4.76. The van der Waals surface area contributed by atoms with Gasteiger partial charge < -0.3 is 10.8 Å². The Bertz CT molecular complexity index is 366. The monoisotopic (exact) mass is 207 g/mol. The summed E-state index contributed by atoms with van der Waals surface area (Å²) in [6.07, 6.45) is 0. The smallest absolute Gasteiger partial charge is 0.225 e. The second kappa shape index (κ2) is 3.93. The predicted octanol–water partition coefficient (Wildman–Crippen LogP) is 2.01. The standard InChI is InChI=1S/C12H17NO2/c1-12(2,3)10(11(13)15)8-6-4-5-7-9(8)14/h4-7,10,14H,1-3H3,(H2,13,15). The first-order chi connectivity index (χ1) is 6.84. The fraction of sp³-hybridized carbons (Fsp3) is 0.417. The summed E-state index contributed by atoms with van der Waals surface area (Å²) in [4.78, 5) is 11.4. The van der Waals surface area contributed by atoms with Crippen molar-refractivity contribution in [3.8, 4) is 5.75 Å². The quantitative estimate of drug-likeness (QED) is 0.779. The molecule has 82 valence electrons.